The summed E-state index contributed by atoms with van der Waals surface area (Å²) in [6, 6.07) is 10.4. The zero-order chi connectivity index (χ0) is 16.9. The highest BCUT2D eigenvalue weighted by atomic mass is 16.2. The molecule has 6 nitrogen and oxygen atoms in total. The predicted molar refractivity (Wildman–Crippen MR) is 93.6 cm³/mol. The van der Waals surface area contributed by atoms with Crippen LogP contribution in [-0.2, 0) is 9.59 Å². The minimum Gasteiger partial charge on any atom is -0.368 e. The molecule has 1 heterocycles. The summed E-state index contributed by atoms with van der Waals surface area (Å²) in [4.78, 5) is 28.5. The first kappa shape index (κ1) is 16.8. The van der Waals surface area contributed by atoms with Crippen LogP contribution in [0.15, 0.2) is 30.3 Å². The molecule has 3 N–H and O–H groups in total. The first-order valence-corrected chi connectivity index (χ1v) is 8.74. The molecule has 1 saturated heterocycles. The van der Waals surface area contributed by atoms with Crippen LogP contribution in [0.4, 0.5) is 5.69 Å². The summed E-state index contributed by atoms with van der Waals surface area (Å²) in [7, 11) is 0. The molecule has 2 unspecified atom stereocenters. The maximum absolute atomic E-state index is 12.3. The van der Waals surface area contributed by atoms with Gasteiger partial charge in [-0.2, -0.15) is 0 Å². The van der Waals surface area contributed by atoms with Crippen molar-refractivity contribution in [2.45, 2.75) is 25.3 Å². The third-order valence-corrected chi connectivity index (χ3v) is 5.01. The number of nitrogens with two attached hydrogens (primary N) is 1. The highest BCUT2D eigenvalue weighted by Gasteiger charge is 2.28. The van der Waals surface area contributed by atoms with Gasteiger partial charge in [-0.15, -0.1) is 0 Å². The minimum absolute atomic E-state index is 0.00152. The molecule has 24 heavy (non-hydrogen) atoms. The molecule has 6 heteroatoms. The number of anilines is 1. The molecule has 2 fully saturated rings. The lowest BCUT2D eigenvalue weighted by atomic mass is 10.1. The van der Waals surface area contributed by atoms with E-state index in [1.165, 1.54) is 5.69 Å². The first-order chi connectivity index (χ1) is 11.6. The summed E-state index contributed by atoms with van der Waals surface area (Å²) >= 11 is 0. The van der Waals surface area contributed by atoms with Crippen LogP contribution in [0.25, 0.3) is 0 Å². The van der Waals surface area contributed by atoms with Gasteiger partial charge >= 0.3 is 0 Å². The number of hydrogen-bond donors (Lipinski definition) is 2. The van der Waals surface area contributed by atoms with Crippen LogP contribution in [0, 0.1) is 5.92 Å². The second-order valence-electron chi connectivity index (χ2n) is 6.69. The lowest BCUT2D eigenvalue weighted by molar-refractivity contribution is -0.134. The summed E-state index contributed by atoms with van der Waals surface area (Å²) in [5.74, 6) is -0.0553. The molecule has 3 rings (SSSR count). The standard InChI is InChI=1S/C18H26N4O2/c19-15-7-6-14(12-15)18(24)20-13-17(23)22-10-8-21(9-11-22)16-4-2-1-3-5-16/h1-5,14-15H,6-13,19H2,(H,20,24). The molecule has 0 aromatic heterocycles. The van der Waals surface area contributed by atoms with E-state index >= 15 is 0 Å². The van der Waals surface area contributed by atoms with Crippen LogP contribution in [0.5, 0.6) is 0 Å². The van der Waals surface area contributed by atoms with E-state index in [0.29, 0.717) is 13.1 Å². The van der Waals surface area contributed by atoms with Gasteiger partial charge in [-0.1, -0.05) is 18.2 Å². The average molecular weight is 330 g/mol. The van der Waals surface area contributed by atoms with Crippen molar-refractivity contribution in [2.75, 3.05) is 37.6 Å². The van der Waals surface area contributed by atoms with Gasteiger partial charge in [0.05, 0.1) is 6.54 Å². The topological polar surface area (TPSA) is 78.7 Å². The molecular weight excluding hydrogens is 304 g/mol. The Hall–Kier alpha value is -2.08. The largest absolute Gasteiger partial charge is 0.368 e. The van der Waals surface area contributed by atoms with Crippen LogP contribution in [-0.4, -0.2) is 55.5 Å². The van der Waals surface area contributed by atoms with Gasteiger partial charge in [-0.25, -0.2) is 0 Å². The second kappa shape index (κ2) is 7.66. The summed E-state index contributed by atoms with van der Waals surface area (Å²) in [5.41, 5.74) is 7.03. The maximum Gasteiger partial charge on any atom is 0.242 e. The highest BCUT2D eigenvalue weighted by molar-refractivity contribution is 5.86. The molecule has 1 aromatic rings. The van der Waals surface area contributed by atoms with Gasteiger partial charge in [0.15, 0.2) is 0 Å². The Bertz CT molecular complexity index is 570. The normalized spacial score (nSPS) is 24.0. The van der Waals surface area contributed by atoms with Crippen molar-refractivity contribution in [3.63, 3.8) is 0 Å². The molecule has 1 saturated carbocycles. The van der Waals surface area contributed by atoms with Crippen LogP contribution >= 0.6 is 0 Å². The lowest BCUT2D eigenvalue weighted by Crippen LogP contribution is -2.51. The number of amides is 2. The lowest BCUT2D eigenvalue weighted by Gasteiger charge is -2.36. The zero-order valence-corrected chi connectivity index (χ0v) is 14.0. The second-order valence-corrected chi connectivity index (χ2v) is 6.69. The van der Waals surface area contributed by atoms with E-state index in [1.54, 1.807) is 0 Å². The van der Waals surface area contributed by atoms with Gasteiger partial charge in [0.1, 0.15) is 0 Å². The van der Waals surface area contributed by atoms with Crippen molar-refractivity contribution < 1.29 is 9.59 Å². The summed E-state index contributed by atoms with van der Waals surface area (Å²) in [6.07, 6.45) is 2.46. The molecule has 0 bridgehead atoms. The minimum atomic E-state index is -0.0285. The van der Waals surface area contributed by atoms with E-state index in [9.17, 15) is 9.59 Å². The quantitative estimate of drug-likeness (QED) is 0.846. The van der Waals surface area contributed by atoms with Crippen molar-refractivity contribution in [3.8, 4) is 0 Å². The molecule has 2 atom stereocenters. The molecular formula is C18H26N4O2. The highest BCUT2D eigenvalue weighted by Crippen LogP contribution is 2.24. The third kappa shape index (κ3) is 4.06. The van der Waals surface area contributed by atoms with E-state index in [-0.39, 0.29) is 30.3 Å². The van der Waals surface area contributed by atoms with E-state index in [2.05, 4.69) is 22.3 Å². The van der Waals surface area contributed by atoms with Crippen LogP contribution in [0.1, 0.15) is 19.3 Å². The molecule has 2 amide bonds. The fourth-order valence-corrected chi connectivity index (χ4v) is 3.53. The van der Waals surface area contributed by atoms with E-state index in [4.69, 9.17) is 5.73 Å². The molecule has 0 spiro atoms. The fourth-order valence-electron chi connectivity index (χ4n) is 3.53. The number of nitrogens with one attached hydrogen (secondary N) is 1. The average Bonchev–Trinajstić information content (AvgIpc) is 3.07. The van der Waals surface area contributed by atoms with Gasteiger partial charge in [0, 0.05) is 43.8 Å². The smallest absolute Gasteiger partial charge is 0.242 e. The number of rotatable bonds is 4. The van der Waals surface area contributed by atoms with Crippen LogP contribution in [0.3, 0.4) is 0 Å². The van der Waals surface area contributed by atoms with Gasteiger partial charge in [-0.05, 0) is 31.4 Å². The maximum atomic E-state index is 12.3. The molecule has 0 radical (unpaired) electrons. The Morgan fingerprint density at radius 1 is 1.08 bits per heavy atom. The number of carbonyl (C=O) groups excluding carboxylic acids is 2. The van der Waals surface area contributed by atoms with Gasteiger partial charge in [0.25, 0.3) is 0 Å². The van der Waals surface area contributed by atoms with Crippen LogP contribution < -0.4 is 16.0 Å². The monoisotopic (exact) mass is 330 g/mol. The van der Waals surface area contributed by atoms with E-state index in [0.717, 1.165) is 32.4 Å². The van der Waals surface area contributed by atoms with Crippen molar-refractivity contribution in [2.24, 2.45) is 11.7 Å². The number of nitrogens with zero attached hydrogens (tertiary/aromatic N) is 2. The Balaban J connectivity index is 1.41. The number of benzene rings is 1. The summed E-state index contributed by atoms with van der Waals surface area (Å²) < 4.78 is 0. The SMILES string of the molecule is NC1CCC(C(=O)NCC(=O)N2CCN(c3ccccc3)CC2)C1. The Morgan fingerprint density at radius 3 is 2.42 bits per heavy atom. The summed E-state index contributed by atoms with van der Waals surface area (Å²) in [5, 5.41) is 2.79. The molecule has 130 valence electrons. The van der Waals surface area contributed by atoms with E-state index in [1.807, 2.05) is 23.1 Å². The number of para-hydroxylation sites is 1. The van der Waals surface area contributed by atoms with E-state index < -0.39 is 0 Å². The molecule has 2 aliphatic rings. The van der Waals surface area contributed by atoms with Crippen molar-refractivity contribution in [1.29, 1.82) is 0 Å². The Labute approximate surface area is 143 Å². The third-order valence-electron chi connectivity index (χ3n) is 5.01. The molecule has 1 aliphatic heterocycles. The fraction of sp³-hybridized carbons (Fsp3) is 0.556. The van der Waals surface area contributed by atoms with Crippen molar-refractivity contribution >= 4 is 17.5 Å². The molecule has 1 aromatic carbocycles. The van der Waals surface area contributed by atoms with Crippen LogP contribution in [0.2, 0.25) is 0 Å². The number of carbonyl (C=O) groups is 2. The summed E-state index contributed by atoms with van der Waals surface area (Å²) in [6.45, 7) is 3.12. The Kier molecular flexibility index (Phi) is 5.35. The number of hydrogen-bond acceptors (Lipinski definition) is 4. The van der Waals surface area contributed by atoms with Gasteiger partial charge in [-0.3, -0.25) is 9.59 Å². The molecule has 1 aliphatic carbocycles. The zero-order valence-electron chi connectivity index (χ0n) is 14.0. The van der Waals surface area contributed by atoms with Gasteiger partial charge < -0.3 is 20.9 Å². The first-order valence-electron chi connectivity index (χ1n) is 8.74. The number of piperazine rings is 1. The predicted octanol–water partition coefficient (Wildman–Crippen LogP) is 0.579. The van der Waals surface area contributed by atoms with Gasteiger partial charge in [0.2, 0.25) is 11.8 Å². The van der Waals surface area contributed by atoms with Crippen molar-refractivity contribution in [3.05, 3.63) is 30.3 Å². The Morgan fingerprint density at radius 2 is 1.79 bits per heavy atom. The van der Waals surface area contributed by atoms with Crippen molar-refractivity contribution in [1.82, 2.24) is 10.2 Å².